The SMILES string of the molecule is CC(C)(C)c1ccc(OB(O)c2ccccc2)cc1. The van der Waals surface area contributed by atoms with Gasteiger partial charge in [0.15, 0.2) is 0 Å². The van der Waals surface area contributed by atoms with E-state index >= 15 is 0 Å². The molecular formula is C16H19BO2. The van der Waals surface area contributed by atoms with Crippen molar-refractivity contribution >= 4 is 12.6 Å². The maximum atomic E-state index is 9.98. The minimum atomic E-state index is -0.929. The van der Waals surface area contributed by atoms with Crippen LogP contribution in [0, 0.1) is 0 Å². The lowest BCUT2D eigenvalue weighted by molar-refractivity contribution is 0.432. The quantitative estimate of drug-likeness (QED) is 0.853. The highest BCUT2D eigenvalue weighted by Crippen LogP contribution is 2.24. The summed E-state index contributed by atoms with van der Waals surface area (Å²) in [4.78, 5) is 0. The highest BCUT2D eigenvalue weighted by Gasteiger charge is 2.19. The Balaban J connectivity index is 2.08. The first-order valence-corrected chi connectivity index (χ1v) is 6.47. The molecule has 0 atom stereocenters. The minimum Gasteiger partial charge on any atom is -0.532 e. The zero-order valence-electron chi connectivity index (χ0n) is 11.6. The molecule has 2 aromatic rings. The Kier molecular flexibility index (Phi) is 3.96. The van der Waals surface area contributed by atoms with Gasteiger partial charge >= 0.3 is 7.12 Å². The van der Waals surface area contributed by atoms with Crippen molar-refractivity contribution in [1.82, 2.24) is 0 Å². The number of benzene rings is 2. The van der Waals surface area contributed by atoms with Crippen LogP contribution in [0.2, 0.25) is 0 Å². The summed E-state index contributed by atoms with van der Waals surface area (Å²) in [7, 11) is -0.929. The van der Waals surface area contributed by atoms with Gasteiger partial charge in [0.1, 0.15) is 5.75 Å². The normalized spacial score (nSPS) is 11.2. The van der Waals surface area contributed by atoms with E-state index in [9.17, 15) is 5.02 Å². The summed E-state index contributed by atoms with van der Waals surface area (Å²) in [5.74, 6) is 0.671. The smallest absolute Gasteiger partial charge is 0.532 e. The number of rotatable bonds is 3. The second-order valence-corrected chi connectivity index (χ2v) is 5.66. The number of hydrogen-bond donors (Lipinski definition) is 1. The average Bonchev–Trinajstić information content (AvgIpc) is 2.39. The molecule has 0 amide bonds. The number of hydrogen-bond acceptors (Lipinski definition) is 2. The Morgan fingerprint density at radius 1 is 0.895 bits per heavy atom. The second-order valence-electron chi connectivity index (χ2n) is 5.66. The van der Waals surface area contributed by atoms with Crippen LogP contribution in [0.4, 0.5) is 0 Å². The van der Waals surface area contributed by atoms with Gasteiger partial charge in [-0.25, -0.2) is 0 Å². The highest BCUT2D eigenvalue weighted by molar-refractivity contribution is 6.60. The van der Waals surface area contributed by atoms with Gasteiger partial charge < -0.3 is 9.68 Å². The van der Waals surface area contributed by atoms with Crippen molar-refractivity contribution in [3.63, 3.8) is 0 Å². The molecule has 98 valence electrons. The van der Waals surface area contributed by atoms with Crippen molar-refractivity contribution in [2.45, 2.75) is 26.2 Å². The van der Waals surface area contributed by atoms with Crippen LogP contribution in [0.5, 0.6) is 5.75 Å². The van der Waals surface area contributed by atoms with Crippen molar-refractivity contribution in [1.29, 1.82) is 0 Å². The lowest BCUT2D eigenvalue weighted by Crippen LogP contribution is -2.36. The Hall–Kier alpha value is -1.74. The van der Waals surface area contributed by atoms with Crippen molar-refractivity contribution in [3.8, 4) is 5.75 Å². The van der Waals surface area contributed by atoms with Gasteiger partial charge in [0.2, 0.25) is 0 Å². The maximum absolute atomic E-state index is 9.98. The molecule has 0 heterocycles. The molecule has 0 saturated carbocycles. The van der Waals surface area contributed by atoms with E-state index in [4.69, 9.17) is 4.65 Å². The van der Waals surface area contributed by atoms with Crippen LogP contribution in [0.25, 0.3) is 0 Å². The van der Waals surface area contributed by atoms with Crippen molar-refractivity contribution in [2.75, 3.05) is 0 Å². The van der Waals surface area contributed by atoms with Crippen LogP contribution >= 0.6 is 0 Å². The Morgan fingerprint density at radius 2 is 1.47 bits per heavy atom. The second kappa shape index (κ2) is 5.49. The summed E-state index contributed by atoms with van der Waals surface area (Å²) in [5.41, 5.74) is 2.12. The fourth-order valence-electron chi connectivity index (χ4n) is 1.85. The van der Waals surface area contributed by atoms with Crippen molar-refractivity contribution in [3.05, 3.63) is 60.2 Å². The van der Waals surface area contributed by atoms with E-state index in [1.54, 1.807) is 0 Å². The molecule has 2 aromatic carbocycles. The van der Waals surface area contributed by atoms with Gasteiger partial charge in [0.25, 0.3) is 0 Å². The monoisotopic (exact) mass is 254 g/mol. The van der Waals surface area contributed by atoms with Crippen LogP contribution in [0.15, 0.2) is 54.6 Å². The molecule has 0 aliphatic carbocycles. The van der Waals surface area contributed by atoms with E-state index < -0.39 is 7.12 Å². The summed E-state index contributed by atoms with van der Waals surface area (Å²) in [6, 6.07) is 17.2. The minimum absolute atomic E-state index is 0.122. The van der Waals surface area contributed by atoms with Crippen LogP contribution in [-0.4, -0.2) is 12.1 Å². The molecule has 0 aliphatic heterocycles. The highest BCUT2D eigenvalue weighted by atomic mass is 16.5. The van der Waals surface area contributed by atoms with E-state index in [0.29, 0.717) is 5.75 Å². The fourth-order valence-corrected chi connectivity index (χ4v) is 1.85. The van der Waals surface area contributed by atoms with E-state index in [2.05, 4.69) is 20.8 Å². The molecule has 0 aromatic heterocycles. The first-order valence-electron chi connectivity index (χ1n) is 6.47. The van der Waals surface area contributed by atoms with Gasteiger partial charge in [-0.05, 0) is 28.6 Å². The molecule has 0 fully saturated rings. The van der Waals surface area contributed by atoms with Crippen molar-refractivity contribution in [2.24, 2.45) is 0 Å². The van der Waals surface area contributed by atoms with Crippen LogP contribution in [0.1, 0.15) is 26.3 Å². The van der Waals surface area contributed by atoms with Crippen LogP contribution < -0.4 is 10.1 Å². The zero-order chi connectivity index (χ0) is 13.9. The molecule has 2 rings (SSSR count). The molecular weight excluding hydrogens is 235 g/mol. The topological polar surface area (TPSA) is 29.5 Å². The molecule has 3 heteroatoms. The summed E-state index contributed by atoms with van der Waals surface area (Å²) in [5, 5.41) is 9.98. The predicted octanol–water partition coefficient (Wildman–Crippen LogP) is 2.75. The van der Waals surface area contributed by atoms with Crippen LogP contribution in [-0.2, 0) is 5.41 Å². The third kappa shape index (κ3) is 3.61. The van der Waals surface area contributed by atoms with Gasteiger partial charge in [-0.15, -0.1) is 0 Å². The van der Waals surface area contributed by atoms with E-state index in [1.807, 2.05) is 54.6 Å². The summed E-state index contributed by atoms with van der Waals surface area (Å²) in [6.45, 7) is 6.50. The maximum Gasteiger partial charge on any atom is 0.560 e. The molecule has 0 radical (unpaired) electrons. The van der Waals surface area contributed by atoms with Gasteiger partial charge in [-0.3, -0.25) is 0 Å². The van der Waals surface area contributed by atoms with Crippen molar-refractivity contribution < 1.29 is 9.68 Å². The molecule has 0 unspecified atom stereocenters. The first-order chi connectivity index (χ1) is 8.97. The Labute approximate surface area is 115 Å². The fraction of sp³-hybridized carbons (Fsp3) is 0.250. The molecule has 0 spiro atoms. The molecule has 19 heavy (non-hydrogen) atoms. The third-order valence-corrected chi connectivity index (χ3v) is 3.05. The first kappa shape index (κ1) is 13.7. The van der Waals surface area contributed by atoms with Crippen LogP contribution in [0.3, 0.4) is 0 Å². The Bertz CT molecular complexity index is 515. The van der Waals surface area contributed by atoms with E-state index in [-0.39, 0.29) is 5.41 Å². The van der Waals surface area contributed by atoms with Gasteiger partial charge in [0, 0.05) is 0 Å². The molecule has 0 bridgehead atoms. The molecule has 1 N–H and O–H groups in total. The lowest BCUT2D eigenvalue weighted by atomic mass is 9.79. The van der Waals surface area contributed by atoms with Gasteiger partial charge in [0.05, 0.1) is 0 Å². The molecule has 0 saturated heterocycles. The molecule has 0 aliphatic rings. The van der Waals surface area contributed by atoms with E-state index in [0.717, 1.165) is 5.46 Å². The van der Waals surface area contributed by atoms with Gasteiger partial charge in [-0.2, -0.15) is 0 Å². The summed E-state index contributed by atoms with van der Waals surface area (Å²) in [6.07, 6.45) is 0. The van der Waals surface area contributed by atoms with Gasteiger partial charge in [-0.1, -0.05) is 63.2 Å². The largest absolute Gasteiger partial charge is 0.560 e. The zero-order valence-corrected chi connectivity index (χ0v) is 11.6. The summed E-state index contributed by atoms with van der Waals surface area (Å²) >= 11 is 0. The standard InChI is InChI=1S/C16H19BO2/c1-16(2,3)13-9-11-15(12-10-13)19-17(18)14-7-5-4-6-8-14/h4-12,18H,1-3H3. The lowest BCUT2D eigenvalue weighted by Gasteiger charge is -2.19. The molecule has 2 nitrogen and oxygen atoms in total. The Morgan fingerprint density at radius 3 is 2.00 bits per heavy atom. The third-order valence-electron chi connectivity index (χ3n) is 3.05. The average molecular weight is 254 g/mol. The summed E-state index contributed by atoms with van der Waals surface area (Å²) < 4.78 is 5.52. The predicted molar refractivity (Wildman–Crippen MR) is 79.8 cm³/mol. The van der Waals surface area contributed by atoms with E-state index in [1.165, 1.54) is 5.56 Å².